The Morgan fingerprint density at radius 1 is 0.742 bits per heavy atom. The molecule has 1 N–H and O–H groups in total. The maximum atomic E-state index is 13.7. The summed E-state index contributed by atoms with van der Waals surface area (Å²) >= 11 is 0. The summed E-state index contributed by atoms with van der Waals surface area (Å²) in [5.74, 6) is 1.90. The third-order valence-electron chi connectivity index (χ3n) is 5.30. The molecule has 1 atom stereocenters. The molecule has 0 radical (unpaired) electrons. The van der Waals surface area contributed by atoms with Crippen molar-refractivity contribution in [3.63, 3.8) is 0 Å². The van der Waals surface area contributed by atoms with Crippen molar-refractivity contribution in [2.45, 2.75) is 6.17 Å². The minimum atomic E-state index is -0.576. The number of para-hydroxylation sites is 3. The number of methoxy groups -OCH3 is 4. The molecule has 160 valence electrons. The van der Waals surface area contributed by atoms with Crippen molar-refractivity contribution in [2.24, 2.45) is 0 Å². The molecule has 1 aliphatic rings. The van der Waals surface area contributed by atoms with Crippen LogP contribution in [0.2, 0.25) is 0 Å². The van der Waals surface area contributed by atoms with Gasteiger partial charge >= 0.3 is 0 Å². The summed E-state index contributed by atoms with van der Waals surface area (Å²) in [6, 6.07) is 18.5. The highest BCUT2D eigenvalue weighted by molar-refractivity contribution is 6.12. The van der Waals surface area contributed by atoms with Gasteiger partial charge in [0.2, 0.25) is 5.75 Å². The van der Waals surface area contributed by atoms with Crippen LogP contribution in [0.4, 0.5) is 11.4 Å². The van der Waals surface area contributed by atoms with Crippen LogP contribution in [-0.2, 0) is 0 Å². The molecule has 0 fully saturated rings. The average molecular weight is 420 g/mol. The number of rotatable bonds is 6. The van der Waals surface area contributed by atoms with Crippen LogP contribution in [0.15, 0.2) is 60.7 Å². The number of hydrogen-bond acceptors (Lipinski definition) is 6. The lowest BCUT2D eigenvalue weighted by molar-refractivity contribution is 0.0973. The van der Waals surface area contributed by atoms with E-state index in [0.717, 1.165) is 5.69 Å². The third-order valence-corrected chi connectivity index (χ3v) is 5.30. The molecule has 1 aliphatic heterocycles. The molecule has 0 saturated carbocycles. The molecule has 0 bridgehead atoms. The van der Waals surface area contributed by atoms with Crippen molar-refractivity contribution in [3.8, 4) is 23.0 Å². The van der Waals surface area contributed by atoms with Crippen LogP contribution in [0, 0.1) is 0 Å². The van der Waals surface area contributed by atoms with Gasteiger partial charge in [-0.25, -0.2) is 0 Å². The number of amides is 1. The predicted molar refractivity (Wildman–Crippen MR) is 119 cm³/mol. The van der Waals surface area contributed by atoms with Crippen LogP contribution in [0.3, 0.4) is 0 Å². The summed E-state index contributed by atoms with van der Waals surface area (Å²) < 4.78 is 22.3. The monoisotopic (exact) mass is 420 g/mol. The highest BCUT2D eigenvalue weighted by atomic mass is 16.5. The molecular formula is C24H24N2O5. The maximum absolute atomic E-state index is 13.7. The molecule has 3 aromatic carbocycles. The van der Waals surface area contributed by atoms with E-state index in [1.807, 2.05) is 48.5 Å². The Morgan fingerprint density at radius 3 is 2.13 bits per heavy atom. The van der Waals surface area contributed by atoms with Gasteiger partial charge in [0, 0.05) is 11.3 Å². The van der Waals surface area contributed by atoms with E-state index in [1.54, 1.807) is 45.5 Å². The third kappa shape index (κ3) is 3.38. The molecule has 0 saturated heterocycles. The number of ether oxygens (including phenoxy) is 4. The molecule has 0 spiro atoms. The SMILES string of the molecule is COc1ccccc1N1C(=O)c2ccccc2NC1c1ccc(OC)c(OC)c1OC. The van der Waals surface area contributed by atoms with Gasteiger partial charge in [0.1, 0.15) is 11.9 Å². The Kier molecular flexibility index (Phi) is 5.58. The summed E-state index contributed by atoms with van der Waals surface area (Å²) in [7, 11) is 6.26. The molecule has 0 aliphatic carbocycles. The van der Waals surface area contributed by atoms with Gasteiger partial charge in [-0.05, 0) is 36.4 Å². The zero-order chi connectivity index (χ0) is 22.0. The first-order valence-corrected chi connectivity index (χ1v) is 9.75. The van der Waals surface area contributed by atoms with E-state index in [2.05, 4.69) is 5.32 Å². The smallest absolute Gasteiger partial charge is 0.262 e. The van der Waals surface area contributed by atoms with Crippen LogP contribution in [0.25, 0.3) is 0 Å². The van der Waals surface area contributed by atoms with Gasteiger partial charge in [-0.2, -0.15) is 0 Å². The Morgan fingerprint density at radius 2 is 1.42 bits per heavy atom. The molecule has 31 heavy (non-hydrogen) atoms. The number of carbonyl (C=O) groups excluding carboxylic acids is 1. The summed E-state index contributed by atoms with van der Waals surface area (Å²) in [5.41, 5.74) is 2.66. The zero-order valence-electron chi connectivity index (χ0n) is 17.8. The number of hydrogen-bond donors (Lipinski definition) is 1. The van der Waals surface area contributed by atoms with Gasteiger partial charge in [0.05, 0.1) is 39.7 Å². The number of nitrogens with zero attached hydrogens (tertiary/aromatic N) is 1. The predicted octanol–water partition coefficient (Wildman–Crippen LogP) is 4.49. The van der Waals surface area contributed by atoms with E-state index in [1.165, 1.54) is 0 Å². The molecule has 1 amide bonds. The Labute approximate surface area is 181 Å². The Hall–Kier alpha value is -3.87. The fourth-order valence-corrected chi connectivity index (χ4v) is 3.89. The Bertz CT molecular complexity index is 1110. The van der Waals surface area contributed by atoms with Crippen molar-refractivity contribution in [3.05, 3.63) is 71.8 Å². The minimum Gasteiger partial charge on any atom is -0.495 e. The lowest BCUT2D eigenvalue weighted by atomic mass is 10.0. The van der Waals surface area contributed by atoms with E-state index in [4.69, 9.17) is 18.9 Å². The van der Waals surface area contributed by atoms with Crippen LogP contribution >= 0.6 is 0 Å². The normalized spacial score (nSPS) is 15.0. The summed E-state index contributed by atoms with van der Waals surface area (Å²) in [6.07, 6.45) is -0.576. The molecule has 3 aromatic rings. The zero-order valence-corrected chi connectivity index (χ0v) is 17.8. The second-order valence-electron chi connectivity index (χ2n) is 6.86. The fourth-order valence-electron chi connectivity index (χ4n) is 3.89. The van der Waals surface area contributed by atoms with Gasteiger partial charge in [-0.1, -0.05) is 24.3 Å². The maximum Gasteiger partial charge on any atom is 0.262 e. The molecular weight excluding hydrogens is 396 g/mol. The van der Waals surface area contributed by atoms with Crippen molar-refractivity contribution in [1.29, 1.82) is 0 Å². The van der Waals surface area contributed by atoms with Crippen molar-refractivity contribution >= 4 is 17.3 Å². The number of nitrogens with one attached hydrogen (secondary N) is 1. The molecule has 0 aromatic heterocycles. The number of benzene rings is 3. The van der Waals surface area contributed by atoms with Crippen molar-refractivity contribution < 1.29 is 23.7 Å². The summed E-state index contributed by atoms with van der Waals surface area (Å²) in [6.45, 7) is 0. The first kappa shape index (κ1) is 20.4. The van der Waals surface area contributed by atoms with E-state index in [-0.39, 0.29) is 5.91 Å². The largest absolute Gasteiger partial charge is 0.495 e. The highest BCUT2D eigenvalue weighted by Gasteiger charge is 2.37. The summed E-state index contributed by atoms with van der Waals surface area (Å²) in [5, 5.41) is 3.48. The second-order valence-corrected chi connectivity index (χ2v) is 6.86. The van der Waals surface area contributed by atoms with Crippen molar-refractivity contribution in [2.75, 3.05) is 38.7 Å². The van der Waals surface area contributed by atoms with Crippen LogP contribution in [-0.4, -0.2) is 34.3 Å². The van der Waals surface area contributed by atoms with Crippen LogP contribution in [0.5, 0.6) is 23.0 Å². The number of carbonyl (C=O) groups is 1. The lowest BCUT2D eigenvalue weighted by Gasteiger charge is -2.39. The van der Waals surface area contributed by atoms with Crippen molar-refractivity contribution in [1.82, 2.24) is 0 Å². The van der Waals surface area contributed by atoms with E-state index in [0.29, 0.717) is 39.8 Å². The van der Waals surface area contributed by atoms with Gasteiger partial charge in [-0.15, -0.1) is 0 Å². The van der Waals surface area contributed by atoms with Crippen LogP contribution < -0.4 is 29.2 Å². The highest BCUT2D eigenvalue weighted by Crippen LogP contribution is 2.47. The van der Waals surface area contributed by atoms with E-state index >= 15 is 0 Å². The van der Waals surface area contributed by atoms with E-state index in [9.17, 15) is 4.79 Å². The van der Waals surface area contributed by atoms with Crippen LogP contribution in [0.1, 0.15) is 22.1 Å². The molecule has 7 nitrogen and oxygen atoms in total. The molecule has 7 heteroatoms. The van der Waals surface area contributed by atoms with Gasteiger partial charge in [0.25, 0.3) is 5.91 Å². The summed E-state index contributed by atoms with van der Waals surface area (Å²) in [4.78, 5) is 15.4. The standard InChI is InChI=1S/C24H24N2O5/c1-28-19-12-8-7-11-18(19)26-23(25-17-10-6-5-9-15(17)24(26)27)16-13-14-20(29-2)22(31-4)21(16)30-3/h5-14,23,25H,1-4H3. The second kappa shape index (κ2) is 8.47. The van der Waals surface area contributed by atoms with Gasteiger partial charge < -0.3 is 24.3 Å². The van der Waals surface area contributed by atoms with Gasteiger partial charge in [0.15, 0.2) is 11.5 Å². The van der Waals surface area contributed by atoms with Gasteiger partial charge in [-0.3, -0.25) is 9.69 Å². The number of anilines is 2. The first-order valence-electron chi connectivity index (χ1n) is 9.75. The first-order chi connectivity index (χ1) is 15.1. The number of fused-ring (bicyclic) bond motifs is 1. The molecule has 4 rings (SSSR count). The van der Waals surface area contributed by atoms with E-state index < -0.39 is 6.17 Å². The molecule has 1 heterocycles. The minimum absolute atomic E-state index is 0.152. The molecule has 1 unspecified atom stereocenters. The topological polar surface area (TPSA) is 69.3 Å². The lowest BCUT2D eigenvalue weighted by Crippen LogP contribution is -2.43. The Balaban J connectivity index is 1.96. The fraction of sp³-hybridized carbons (Fsp3) is 0.208. The average Bonchev–Trinajstić information content (AvgIpc) is 2.82. The quantitative estimate of drug-likeness (QED) is 0.634.